The molecule has 0 unspecified atom stereocenters. The predicted molar refractivity (Wildman–Crippen MR) is 111 cm³/mol. The number of thiazole rings is 1. The van der Waals surface area contributed by atoms with E-state index in [2.05, 4.69) is 9.97 Å². The molecule has 0 aliphatic heterocycles. The Morgan fingerprint density at radius 2 is 2.00 bits per heavy atom. The molecule has 29 heavy (non-hydrogen) atoms. The summed E-state index contributed by atoms with van der Waals surface area (Å²) >= 11 is 2.75. The number of thioether (sulfide) groups is 1. The maximum absolute atomic E-state index is 13.1. The smallest absolute Gasteiger partial charge is 0.357 e. The van der Waals surface area contributed by atoms with Crippen molar-refractivity contribution in [2.24, 2.45) is 7.05 Å². The largest absolute Gasteiger partial charge is 0.461 e. The average molecular weight is 434 g/mol. The van der Waals surface area contributed by atoms with Crippen LogP contribution in [0.1, 0.15) is 39.2 Å². The highest BCUT2D eigenvalue weighted by Crippen LogP contribution is 2.23. The van der Waals surface area contributed by atoms with Crippen LogP contribution in [0.4, 0.5) is 4.39 Å². The summed E-state index contributed by atoms with van der Waals surface area (Å²) < 4.78 is 19.6. The van der Waals surface area contributed by atoms with Crippen LogP contribution in [0.15, 0.2) is 39.6 Å². The van der Waals surface area contributed by atoms with Crippen LogP contribution < -0.4 is 5.56 Å². The van der Waals surface area contributed by atoms with Crippen LogP contribution >= 0.6 is 23.1 Å². The number of rotatable bonds is 7. The Kier molecular flexibility index (Phi) is 6.81. The molecule has 2 heterocycles. The fourth-order valence-electron chi connectivity index (χ4n) is 2.67. The van der Waals surface area contributed by atoms with Crippen LogP contribution in [0.5, 0.6) is 0 Å². The minimum absolute atomic E-state index is 0.129. The van der Waals surface area contributed by atoms with E-state index in [0.717, 1.165) is 10.6 Å². The van der Waals surface area contributed by atoms with Gasteiger partial charge in [0.1, 0.15) is 10.8 Å². The molecule has 6 nitrogen and oxygen atoms in total. The first kappa shape index (κ1) is 21.2. The summed E-state index contributed by atoms with van der Waals surface area (Å²) in [6.07, 6.45) is 0.395. The second kappa shape index (κ2) is 9.32. The highest BCUT2D eigenvalue weighted by atomic mass is 32.2. The fraction of sp³-hybridized carbons (Fsp3) is 0.300. The molecule has 2 aromatic heterocycles. The third-order valence-electron chi connectivity index (χ3n) is 4.21. The van der Waals surface area contributed by atoms with Crippen molar-refractivity contribution < 1.29 is 13.9 Å². The van der Waals surface area contributed by atoms with Gasteiger partial charge in [-0.15, -0.1) is 11.3 Å². The number of aromatic nitrogens is 3. The molecule has 1 aromatic carbocycles. The maximum atomic E-state index is 13.1. The van der Waals surface area contributed by atoms with Gasteiger partial charge >= 0.3 is 5.97 Å². The van der Waals surface area contributed by atoms with Gasteiger partial charge in [0.25, 0.3) is 5.56 Å². The number of carbonyl (C=O) groups excluding carboxylic acids is 1. The molecule has 3 rings (SSSR count). The first-order chi connectivity index (χ1) is 13.9. The molecule has 0 saturated heterocycles. The van der Waals surface area contributed by atoms with Gasteiger partial charge in [0, 0.05) is 30.1 Å². The number of hydrogen-bond donors (Lipinski definition) is 0. The van der Waals surface area contributed by atoms with Gasteiger partial charge in [-0.3, -0.25) is 9.36 Å². The number of aryl methyl sites for hydroxylation is 1. The van der Waals surface area contributed by atoms with Gasteiger partial charge in [-0.05, 0) is 31.5 Å². The van der Waals surface area contributed by atoms with E-state index in [4.69, 9.17) is 4.74 Å². The molecule has 3 aromatic rings. The van der Waals surface area contributed by atoms with Gasteiger partial charge in [0.2, 0.25) is 0 Å². The molecule has 0 amide bonds. The quantitative estimate of drug-likeness (QED) is 0.321. The van der Waals surface area contributed by atoms with Gasteiger partial charge in [-0.1, -0.05) is 23.9 Å². The first-order valence-electron chi connectivity index (χ1n) is 8.94. The predicted octanol–water partition coefficient (Wildman–Crippen LogP) is 3.74. The van der Waals surface area contributed by atoms with Gasteiger partial charge in [0.05, 0.1) is 12.4 Å². The zero-order valence-corrected chi connectivity index (χ0v) is 17.9. The standard InChI is InChI=1S/C20H20FN3O3S2/c1-4-27-19(26)16-10-28-17(23-16)11-29-20-22-12(2)15(18(25)24(20)3)9-13-5-7-14(21)8-6-13/h5-8,10H,4,9,11H2,1-3H3. The maximum Gasteiger partial charge on any atom is 0.357 e. The average Bonchev–Trinajstić information content (AvgIpc) is 3.18. The lowest BCUT2D eigenvalue weighted by atomic mass is 10.1. The van der Waals surface area contributed by atoms with Crippen LogP contribution in [0.3, 0.4) is 0 Å². The van der Waals surface area contributed by atoms with E-state index in [1.807, 2.05) is 0 Å². The summed E-state index contributed by atoms with van der Waals surface area (Å²) in [6.45, 7) is 3.85. The molecule has 0 spiro atoms. The molecule has 0 saturated carbocycles. The summed E-state index contributed by atoms with van der Waals surface area (Å²) in [6, 6.07) is 6.09. The molecule has 152 valence electrons. The molecule has 9 heteroatoms. The van der Waals surface area contributed by atoms with E-state index in [9.17, 15) is 14.0 Å². The summed E-state index contributed by atoms with van der Waals surface area (Å²) in [5, 5.41) is 2.99. The van der Waals surface area contributed by atoms with Crippen molar-refractivity contribution in [3.05, 3.63) is 73.3 Å². The molecular weight excluding hydrogens is 413 g/mol. The van der Waals surface area contributed by atoms with E-state index in [1.165, 1.54) is 39.8 Å². The SMILES string of the molecule is CCOC(=O)c1csc(CSc2nc(C)c(Cc3ccc(F)cc3)c(=O)n2C)n1. The summed E-state index contributed by atoms with van der Waals surface area (Å²) in [7, 11) is 1.68. The Hall–Kier alpha value is -2.52. The zero-order chi connectivity index (χ0) is 21.0. The summed E-state index contributed by atoms with van der Waals surface area (Å²) in [5.74, 6) is -0.260. The lowest BCUT2D eigenvalue weighted by Crippen LogP contribution is -2.25. The van der Waals surface area contributed by atoms with E-state index in [1.54, 1.807) is 38.4 Å². The second-order valence-corrected chi connectivity index (χ2v) is 8.15. The summed E-state index contributed by atoms with van der Waals surface area (Å²) in [4.78, 5) is 33.4. The molecule has 0 radical (unpaired) electrons. The van der Waals surface area contributed by atoms with Crippen molar-refractivity contribution in [1.82, 2.24) is 14.5 Å². The lowest BCUT2D eigenvalue weighted by molar-refractivity contribution is 0.0520. The lowest BCUT2D eigenvalue weighted by Gasteiger charge is -2.11. The number of halogens is 1. The highest BCUT2D eigenvalue weighted by molar-refractivity contribution is 7.98. The molecule has 0 aliphatic carbocycles. The van der Waals surface area contributed by atoms with Crippen molar-refractivity contribution in [2.75, 3.05) is 6.61 Å². The number of ether oxygens (including phenoxy) is 1. The van der Waals surface area contributed by atoms with Gasteiger partial charge in [-0.25, -0.2) is 19.2 Å². The Morgan fingerprint density at radius 1 is 1.28 bits per heavy atom. The molecule has 0 bridgehead atoms. The topological polar surface area (TPSA) is 74.1 Å². The summed E-state index contributed by atoms with van der Waals surface area (Å²) in [5.41, 5.74) is 2.24. The van der Waals surface area contributed by atoms with Crippen molar-refractivity contribution in [1.29, 1.82) is 0 Å². The van der Waals surface area contributed by atoms with Crippen LogP contribution in [0.2, 0.25) is 0 Å². The number of nitrogens with zero attached hydrogens (tertiary/aromatic N) is 3. The Balaban J connectivity index is 1.75. The Morgan fingerprint density at radius 3 is 2.69 bits per heavy atom. The number of benzene rings is 1. The normalized spacial score (nSPS) is 10.9. The number of esters is 1. The van der Waals surface area contributed by atoms with Crippen LogP contribution in [0, 0.1) is 12.7 Å². The molecular formula is C20H20FN3O3S2. The fourth-order valence-corrected chi connectivity index (χ4v) is 4.46. The van der Waals surface area contributed by atoms with Gasteiger partial charge in [-0.2, -0.15) is 0 Å². The Labute approximate surface area is 175 Å². The van der Waals surface area contributed by atoms with E-state index >= 15 is 0 Å². The van der Waals surface area contributed by atoms with E-state index in [0.29, 0.717) is 40.9 Å². The second-order valence-electron chi connectivity index (χ2n) is 6.26. The van der Waals surface area contributed by atoms with Crippen LogP contribution in [-0.4, -0.2) is 27.1 Å². The zero-order valence-electron chi connectivity index (χ0n) is 16.3. The van der Waals surface area contributed by atoms with E-state index < -0.39 is 5.97 Å². The van der Waals surface area contributed by atoms with Gasteiger partial charge < -0.3 is 4.74 Å². The Bertz CT molecular complexity index is 1080. The third kappa shape index (κ3) is 5.10. The molecule has 0 atom stereocenters. The third-order valence-corrected chi connectivity index (χ3v) is 6.28. The van der Waals surface area contributed by atoms with E-state index in [-0.39, 0.29) is 11.4 Å². The van der Waals surface area contributed by atoms with Crippen molar-refractivity contribution in [3.63, 3.8) is 0 Å². The minimum atomic E-state index is -0.438. The molecule has 0 fully saturated rings. The van der Waals surface area contributed by atoms with Crippen LogP contribution in [0.25, 0.3) is 0 Å². The first-order valence-corrected chi connectivity index (χ1v) is 10.8. The van der Waals surface area contributed by atoms with Crippen molar-refractivity contribution in [2.45, 2.75) is 31.2 Å². The van der Waals surface area contributed by atoms with Gasteiger partial charge in [0.15, 0.2) is 10.9 Å². The highest BCUT2D eigenvalue weighted by Gasteiger charge is 2.15. The van der Waals surface area contributed by atoms with Crippen molar-refractivity contribution >= 4 is 29.1 Å². The number of carbonyl (C=O) groups is 1. The minimum Gasteiger partial charge on any atom is -0.461 e. The number of hydrogen-bond acceptors (Lipinski definition) is 7. The molecule has 0 N–H and O–H groups in total. The van der Waals surface area contributed by atoms with Crippen LogP contribution in [-0.2, 0) is 24.0 Å². The molecule has 0 aliphatic rings. The monoisotopic (exact) mass is 433 g/mol. The van der Waals surface area contributed by atoms with Crippen molar-refractivity contribution in [3.8, 4) is 0 Å².